The van der Waals surface area contributed by atoms with E-state index in [9.17, 15) is 12.9 Å². The minimum absolute atomic E-state index is 0.0460. The molecule has 0 radical (unpaired) electrons. The minimum atomic E-state index is -4.79. The van der Waals surface area contributed by atoms with Crippen LogP contribution in [0.5, 0.6) is 0 Å². The average Bonchev–Trinajstić information content (AvgIpc) is 2.03. The Morgan fingerprint density at radius 1 is 1.31 bits per heavy atom. The third-order valence-electron chi connectivity index (χ3n) is 1.56. The molecule has 0 aliphatic carbocycles. The SMILES string of the molecule is NCc1ccc(C[B-](F)(F)F)nc1. The van der Waals surface area contributed by atoms with Crippen molar-refractivity contribution in [3.05, 3.63) is 29.6 Å². The van der Waals surface area contributed by atoms with Gasteiger partial charge in [0.25, 0.3) is 0 Å². The number of hydrogen-bond donors (Lipinski definition) is 1. The molecule has 0 aliphatic heterocycles. The Bertz CT molecular complexity index is 270. The third kappa shape index (κ3) is 3.46. The molecule has 2 N–H and O–H groups in total. The summed E-state index contributed by atoms with van der Waals surface area (Å²) in [5.74, 6) is 0. The normalized spacial score (nSPS) is 11.7. The Morgan fingerprint density at radius 3 is 2.38 bits per heavy atom. The summed E-state index contributed by atoms with van der Waals surface area (Å²) in [4.78, 5) is 3.65. The van der Waals surface area contributed by atoms with Crippen molar-refractivity contribution < 1.29 is 12.9 Å². The molecule has 0 saturated heterocycles. The van der Waals surface area contributed by atoms with Gasteiger partial charge in [-0.3, -0.25) is 4.98 Å². The molecule has 1 heterocycles. The molecular weight excluding hydrogens is 180 g/mol. The maximum absolute atomic E-state index is 11.9. The number of hydrogen-bond acceptors (Lipinski definition) is 2. The standard InChI is InChI=1S/C7H9BF3N2/c9-8(10,11)3-7-2-1-6(4-12)5-13-7/h1-2,5H,3-4,12H2/q-1. The molecule has 1 aromatic heterocycles. The van der Waals surface area contributed by atoms with Crippen molar-refractivity contribution in [3.8, 4) is 0 Å². The molecule has 2 nitrogen and oxygen atoms in total. The molecule has 0 spiro atoms. The first-order chi connectivity index (χ1) is 6.01. The Kier molecular flexibility index (Phi) is 2.92. The molecule has 0 unspecified atom stereocenters. The van der Waals surface area contributed by atoms with Crippen LogP contribution in [0.15, 0.2) is 18.3 Å². The second kappa shape index (κ2) is 3.78. The molecule has 13 heavy (non-hydrogen) atoms. The monoisotopic (exact) mass is 189 g/mol. The molecule has 72 valence electrons. The minimum Gasteiger partial charge on any atom is -0.449 e. The smallest absolute Gasteiger partial charge is 0.449 e. The summed E-state index contributed by atoms with van der Waals surface area (Å²) in [5, 5.41) is 0. The first kappa shape index (κ1) is 10.0. The van der Waals surface area contributed by atoms with E-state index in [4.69, 9.17) is 5.73 Å². The topological polar surface area (TPSA) is 38.9 Å². The van der Waals surface area contributed by atoms with Gasteiger partial charge in [-0.15, -0.1) is 0 Å². The number of aromatic nitrogens is 1. The van der Waals surface area contributed by atoms with Gasteiger partial charge in [0, 0.05) is 18.4 Å². The maximum Gasteiger partial charge on any atom is 0.484 e. The van der Waals surface area contributed by atoms with Crippen LogP contribution in [0.25, 0.3) is 0 Å². The lowest BCUT2D eigenvalue weighted by Crippen LogP contribution is -2.20. The van der Waals surface area contributed by atoms with Gasteiger partial charge in [0.1, 0.15) is 0 Å². The van der Waals surface area contributed by atoms with E-state index in [2.05, 4.69) is 4.98 Å². The van der Waals surface area contributed by atoms with Gasteiger partial charge in [-0.25, -0.2) is 0 Å². The Labute approximate surface area is 74.0 Å². The van der Waals surface area contributed by atoms with Crippen molar-refractivity contribution in [1.82, 2.24) is 4.98 Å². The second-order valence-electron chi connectivity index (χ2n) is 2.78. The van der Waals surface area contributed by atoms with E-state index in [-0.39, 0.29) is 5.69 Å². The summed E-state index contributed by atoms with van der Waals surface area (Å²) in [6.07, 6.45) is 0.446. The molecular formula is C7H9BF3N2-. The highest BCUT2D eigenvalue weighted by molar-refractivity contribution is 6.57. The van der Waals surface area contributed by atoms with E-state index in [1.165, 1.54) is 12.3 Å². The average molecular weight is 189 g/mol. The molecule has 1 rings (SSSR count). The quantitative estimate of drug-likeness (QED) is 0.731. The van der Waals surface area contributed by atoms with E-state index in [0.29, 0.717) is 6.54 Å². The van der Waals surface area contributed by atoms with E-state index in [0.717, 1.165) is 5.56 Å². The van der Waals surface area contributed by atoms with Crippen LogP contribution in [0.2, 0.25) is 0 Å². The van der Waals surface area contributed by atoms with E-state index >= 15 is 0 Å². The van der Waals surface area contributed by atoms with Gasteiger partial charge in [-0.1, -0.05) is 6.07 Å². The highest BCUT2D eigenvalue weighted by Crippen LogP contribution is 2.14. The summed E-state index contributed by atoms with van der Waals surface area (Å²) in [7, 11) is 0. The van der Waals surface area contributed by atoms with Gasteiger partial charge in [0.05, 0.1) is 0 Å². The fourth-order valence-corrected chi connectivity index (χ4v) is 0.934. The molecule has 6 heteroatoms. The first-order valence-corrected chi connectivity index (χ1v) is 3.86. The number of nitrogens with zero attached hydrogens (tertiary/aromatic N) is 1. The molecule has 0 saturated carbocycles. The molecule has 0 amide bonds. The number of halogens is 3. The number of rotatable bonds is 3. The fraction of sp³-hybridized carbons (Fsp3) is 0.286. The Morgan fingerprint density at radius 2 is 2.00 bits per heavy atom. The maximum atomic E-state index is 11.9. The molecule has 0 aromatic carbocycles. The van der Waals surface area contributed by atoms with Crippen molar-refractivity contribution in [3.63, 3.8) is 0 Å². The summed E-state index contributed by atoms with van der Waals surface area (Å²) in [6, 6.07) is 2.92. The molecule has 0 bridgehead atoms. The van der Waals surface area contributed by atoms with Crippen molar-refractivity contribution in [2.45, 2.75) is 12.9 Å². The predicted molar refractivity (Wildman–Crippen MR) is 44.9 cm³/mol. The van der Waals surface area contributed by atoms with Crippen LogP contribution in [0.3, 0.4) is 0 Å². The molecule has 0 fully saturated rings. The van der Waals surface area contributed by atoms with E-state index in [1.807, 2.05) is 0 Å². The van der Waals surface area contributed by atoms with E-state index < -0.39 is 13.3 Å². The van der Waals surface area contributed by atoms with Gasteiger partial charge in [0.2, 0.25) is 0 Å². The van der Waals surface area contributed by atoms with Crippen molar-refractivity contribution in [2.75, 3.05) is 0 Å². The van der Waals surface area contributed by atoms with E-state index in [1.54, 1.807) is 6.07 Å². The zero-order valence-corrected chi connectivity index (χ0v) is 6.88. The highest BCUT2D eigenvalue weighted by atomic mass is 19.4. The highest BCUT2D eigenvalue weighted by Gasteiger charge is 2.23. The molecule has 0 aliphatic rings. The van der Waals surface area contributed by atoms with Gasteiger partial charge in [0.15, 0.2) is 0 Å². The van der Waals surface area contributed by atoms with Crippen LogP contribution < -0.4 is 5.73 Å². The van der Waals surface area contributed by atoms with Crippen LogP contribution in [0, 0.1) is 0 Å². The van der Waals surface area contributed by atoms with Crippen molar-refractivity contribution >= 4 is 6.98 Å². The lowest BCUT2D eigenvalue weighted by Gasteiger charge is -2.12. The molecule has 1 aromatic rings. The van der Waals surface area contributed by atoms with Crippen molar-refractivity contribution in [2.24, 2.45) is 5.73 Å². The van der Waals surface area contributed by atoms with Crippen molar-refractivity contribution in [1.29, 1.82) is 0 Å². The van der Waals surface area contributed by atoms with Gasteiger partial charge in [-0.05, 0) is 17.9 Å². The Hall–Kier alpha value is -1.04. The molecule has 0 atom stereocenters. The zero-order valence-electron chi connectivity index (χ0n) is 6.88. The zero-order chi connectivity index (χ0) is 9.90. The number of nitrogens with two attached hydrogens (primary N) is 1. The van der Waals surface area contributed by atoms with Crippen LogP contribution in [-0.4, -0.2) is 12.0 Å². The van der Waals surface area contributed by atoms with Gasteiger partial charge >= 0.3 is 6.98 Å². The summed E-state index contributed by atoms with van der Waals surface area (Å²) >= 11 is 0. The lowest BCUT2D eigenvalue weighted by molar-refractivity contribution is 0.467. The van der Waals surface area contributed by atoms with Gasteiger partial charge in [-0.2, -0.15) is 0 Å². The third-order valence-corrected chi connectivity index (χ3v) is 1.56. The number of pyridine rings is 1. The predicted octanol–water partition coefficient (Wildman–Crippen LogP) is 1.47. The fourth-order valence-electron chi connectivity index (χ4n) is 0.934. The summed E-state index contributed by atoms with van der Waals surface area (Å²) < 4.78 is 35.8. The largest absolute Gasteiger partial charge is 0.484 e. The summed E-state index contributed by atoms with van der Waals surface area (Å²) in [5.41, 5.74) is 6.05. The van der Waals surface area contributed by atoms with Gasteiger partial charge < -0.3 is 18.7 Å². The summed E-state index contributed by atoms with van der Waals surface area (Å²) in [6.45, 7) is -4.50. The van der Waals surface area contributed by atoms with Crippen LogP contribution in [-0.2, 0) is 12.9 Å². The lowest BCUT2D eigenvalue weighted by atomic mass is 9.84. The van der Waals surface area contributed by atoms with Crippen LogP contribution in [0.1, 0.15) is 11.3 Å². The Balaban J connectivity index is 2.70. The van der Waals surface area contributed by atoms with Crippen LogP contribution in [0.4, 0.5) is 12.9 Å². The van der Waals surface area contributed by atoms with Crippen LogP contribution >= 0.6 is 0 Å². The first-order valence-electron chi connectivity index (χ1n) is 3.86. The second-order valence-corrected chi connectivity index (χ2v) is 2.78.